The molecule has 2 aromatic rings. The van der Waals surface area contributed by atoms with Gasteiger partial charge in [0.1, 0.15) is 11.8 Å². The Morgan fingerprint density at radius 1 is 1.35 bits per heavy atom. The van der Waals surface area contributed by atoms with Crippen LogP contribution in [0, 0.1) is 11.3 Å². The van der Waals surface area contributed by atoms with Gasteiger partial charge in [0.2, 0.25) is 5.89 Å². The first-order valence-corrected chi connectivity index (χ1v) is 9.01. The Kier molecular flexibility index (Phi) is 4.62. The van der Waals surface area contributed by atoms with Crippen LogP contribution in [-0.4, -0.2) is 53.7 Å². The number of ether oxygens (including phenoxy) is 1. The molecule has 1 atom stereocenters. The van der Waals surface area contributed by atoms with Crippen LogP contribution in [0.4, 0.5) is 0 Å². The maximum absolute atomic E-state index is 9.17. The largest absolute Gasteiger partial charge is 0.496 e. The third-order valence-electron chi connectivity index (χ3n) is 5.22. The summed E-state index contributed by atoms with van der Waals surface area (Å²) in [7, 11) is 3.76. The summed E-state index contributed by atoms with van der Waals surface area (Å²) in [5.74, 6) is 2.87. The number of likely N-dealkylation sites (N-methyl/N-ethyl adjacent to an activating group) is 1. The Bertz CT molecular complexity index is 824. The summed E-state index contributed by atoms with van der Waals surface area (Å²) >= 11 is 0. The molecule has 1 aromatic carbocycles. The molecule has 0 spiro atoms. The van der Waals surface area contributed by atoms with Crippen molar-refractivity contribution in [2.24, 2.45) is 0 Å². The molecule has 1 aromatic heterocycles. The van der Waals surface area contributed by atoms with Gasteiger partial charge >= 0.3 is 0 Å². The van der Waals surface area contributed by atoms with E-state index in [-0.39, 0.29) is 6.04 Å². The average molecular weight is 353 g/mol. The van der Waals surface area contributed by atoms with E-state index in [2.05, 4.69) is 33.1 Å². The van der Waals surface area contributed by atoms with E-state index in [0.717, 1.165) is 43.3 Å². The zero-order valence-corrected chi connectivity index (χ0v) is 15.2. The second kappa shape index (κ2) is 7.06. The standard InChI is InChI=1S/C19H23N5O2/c1-23-7-8-24(11-15-9-13(10-20)3-6-17(15)25-2)12-16(23)19-21-18(22-26-19)14-4-5-14/h3,6,9,14,16H,4-5,7-8,11-12H2,1-2H3/t16-/m1/s1. The van der Waals surface area contributed by atoms with Crippen LogP contribution in [0.5, 0.6) is 5.75 Å². The number of hydrogen-bond donors (Lipinski definition) is 0. The smallest absolute Gasteiger partial charge is 0.245 e. The zero-order valence-electron chi connectivity index (χ0n) is 15.2. The minimum atomic E-state index is 0.0916. The van der Waals surface area contributed by atoms with Crippen molar-refractivity contribution in [3.8, 4) is 11.8 Å². The molecule has 0 N–H and O–H groups in total. The average Bonchev–Trinajstić information content (AvgIpc) is 3.40. The SMILES string of the molecule is COc1ccc(C#N)cc1CN1CCN(C)[C@@H](c2nc(C3CC3)no2)C1. The molecule has 7 nitrogen and oxygen atoms in total. The second-order valence-corrected chi connectivity index (χ2v) is 7.14. The number of piperazine rings is 1. The third kappa shape index (κ3) is 3.43. The van der Waals surface area contributed by atoms with Gasteiger partial charge in [0.25, 0.3) is 0 Å². The van der Waals surface area contributed by atoms with Crippen LogP contribution in [0.25, 0.3) is 0 Å². The van der Waals surface area contributed by atoms with Gasteiger partial charge in [-0.1, -0.05) is 5.16 Å². The molecule has 26 heavy (non-hydrogen) atoms. The molecule has 2 aliphatic rings. The molecule has 1 saturated heterocycles. The van der Waals surface area contributed by atoms with E-state index in [0.29, 0.717) is 17.4 Å². The number of hydrogen-bond acceptors (Lipinski definition) is 7. The van der Waals surface area contributed by atoms with Gasteiger partial charge in [-0.15, -0.1) is 0 Å². The van der Waals surface area contributed by atoms with E-state index in [1.54, 1.807) is 13.2 Å². The van der Waals surface area contributed by atoms with Gasteiger partial charge < -0.3 is 9.26 Å². The van der Waals surface area contributed by atoms with E-state index >= 15 is 0 Å². The first kappa shape index (κ1) is 17.0. The summed E-state index contributed by atoms with van der Waals surface area (Å²) in [6.45, 7) is 3.40. The summed E-state index contributed by atoms with van der Waals surface area (Å²) in [6.07, 6.45) is 2.33. The van der Waals surface area contributed by atoms with Crippen molar-refractivity contribution in [1.82, 2.24) is 19.9 Å². The molecule has 0 amide bonds. The summed E-state index contributed by atoms with van der Waals surface area (Å²) in [6, 6.07) is 7.85. The molecule has 1 saturated carbocycles. The topological polar surface area (TPSA) is 78.4 Å². The van der Waals surface area contributed by atoms with Gasteiger partial charge in [-0.2, -0.15) is 10.2 Å². The first-order chi connectivity index (χ1) is 12.7. The first-order valence-electron chi connectivity index (χ1n) is 9.01. The van der Waals surface area contributed by atoms with Gasteiger partial charge in [0, 0.05) is 37.7 Å². The molecule has 0 unspecified atom stereocenters. The van der Waals surface area contributed by atoms with Crippen molar-refractivity contribution in [3.63, 3.8) is 0 Å². The van der Waals surface area contributed by atoms with Gasteiger partial charge in [-0.3, -0.25) is 9.80 Å². The number of aromatic nitrogens is 2. The Labute approximate surface area is 153 Å². The third-order valence-corrected chi connectivity index (χ3v) is 5.22. The minimum Gasteiger partial charge on any atom is -0.496 e. The fourth-order valence-electron chi connectivity index (χ4n) is 3.44. The highest BCUT2D eigenvalue weighted by molar-refractivity contribution is 5.42. The number of benzene rings is 1. The fourth-order valence-corrected chi connectivity index (χ4v) is 3.44. The minimum absolute atomic E-state index is 0.0916. The van der Waals surface area contributed by atoms with Gasteiger partial charge in [0.05, 0.1) is 18.7 Å². The summed E-state index contributed by atoms with van der Waals surface area (Å²) < 4.78 is 11.0. The molecule has 1 aliphatic carbocycles. The molecule has 1 aliphatic heterocycles. The zero-order chi connectivity index (χ0) is 18.1. The van der Waals surface area contributed by atoms with Gasteiger partial charge in [0.15, 0.2) is 5.82 Å². The van der Waals surface area contributed by atoms with Crippen molar-refractivity contribution in [2.75, 3.05) is 33.8 Å². The predicted octanol–water partition coefficient (Wildman–Crippen LogP) is 2.32. The van der Waals surface area contributed by atoms with Crippen LogP contribution in [0.1, 0.15) is 47.6 Å². The maximum atomic E-state index is 9.17. The lowest BCUT2D eigenvalue weighted by molar-refractivity contribution is 0.0710. The Hall–Kier alpha value is -2.43. The van der Waals surface area contributed by atoms with E-state index in [4.69, 9.17) is 9.26 Å². The van der Waals surface area contributed by atoms with Crippen LogP contribution in [0.2, 0.25) is 0 Å². The molecule has 136 valence electrons. The molecular formula is C19H23N5O2. The predicted molar refractivity (Wildman–Crippen MR) is 94.6 cm³/mol. The second-order valence-electron chi connectivity index (χ2n) is 7.14. The highest BCUT2D eigenvalue weighted by Gasteiger charge is 2.34. The molecule has 7 heteroatoms. The molecule has 4 rings (SSSR count). The molecular weight excluding hydrogens is 330 g/mol. The number of rotatable bonds is 5. The molecule has 0 bridgehead atoms. The van der Waals surface area contributed by atoms with Crippen LogP contribution < -0.4 is 4.74 Å². The molecule has 2 heterocycles. The van der Waals surface area contributed by atoms with E-state index < -0.39 is 0 Å². The quantitative estimate of drug-likeness (QED) is 0.816. The monoisotopic (exact) mass is 353 g/mol. The highest BCUT2D eigenvalue weighted by Crippen LogP contribution is 2.39. The summed E-state index contributed by atoms with van der Waals surface area (Å²) in [5.41, 5.74) is 1.68. The molecule has 2 fully saturated rings. The van der Waals surface area contributed by atoms with E-state index in [1.165, 1.54) is 12.8 Å². The van der Waals surface area contributed by atoms with E-state index in [1.807, 2.05) is 12.1 Å². The summed E-state index contributed by atoms with van der Waals surface area (Å²) in [5, 5.41) is 13.3. The van der Waals surface area contributed by atoms with Crippen molar-refractivity contribution in [2.45, 2.75) is 31.3 Å². The van der Waals surface area contributed by atoms with Crippen molar-refractivity contribution < 1.29 is 9.26 Å². The normalized spacial score (nSPS) is 21.5. The summed E-state index contributed by atoms with van der Waals surface area (Å²) in [4.78, 5) is 9.25. The highest BCUT2D eigenvalue weighted by atomic mass is 16.5. The van der Waals surface area contributed by atoms with Crippen LogP contribution in [0.3, 0.4) is 0 Å². The molecule has 0 radical (unpaired) electrons. The lowest BCUT2D eigenvalue weighted by Gasteiger charge is -2.37. The van der Waals surface area contributed by atoms with Crippen molar-refractivity contribution >= 4 is 0 Å². The van der Waals surface area contributed by atoms with Crippen molar-refractivity contribution in [1.29, 1.82) is 5.26 Å². The Morgan fingerprint density at radius 3 is 2.92 bits per heavy atom. The van der Waals surface area contributed by atoms with Crippen LogP contribution >= 0.6 is 0 Å². The Balaban J connectivity index is 1.50. The number of nitrogens with zero attached hydrogens (tertiary/aromatic N) is 5. The lowest BCUT2D eigenvalue weighted by Crippen LogP contribution is -2.46. The maximum Gasteiger partial charge on any atom is 0.245 e. The van der Waals surface area contributed by atoms with Gasteiger partial charge in [-0.25, -0.2) is 0 Å². The van der Waals surface area contributed by atoms with Gasteiger partial charge in [-0.05, 0) is 38.1 Å². The Morgan fingerprint density at radius 2 is 2.19 bits per heavy atom. The van der Waals surface area contributed by atoms with Crippen LogP contribution in [-0.2, 0) is 6.54 Å². The fraction of sp³-hybridized carbons (Fsp3) is 0.526. The van der Waals surface area contributed by atoms with Crippen molar-refractivity contribution in [3.05, 3.63) is 41.0 Å². The van der Waals surface area contributed by atoms with E-state index in [9.17, 15) is 5.26 Å². The number of nitriles is 1. The van der Waals surface area contributed by atoms with Crippen LogP contribution in [0.15, 0.2) is 22.7 Å². The lowest BCUT2D eigenvalue weighted by atomic mass is 10.1. The number of methoxy groups -OCH3 is 1.